The Bertz CT molecular complexity index is 569. The molecule has 3 N–H and O–H groups in total. The average molecular weight is 284 g/mol. The van der Waals surface area contributed by atoms with E-state index in [0.29, 0.717) is 18.1 Å². The van der Waals surface area contributed by atoms with Gasteiger partial charge in [0.25, 0.3) is 0 Å². The zero-order chi connectivity index (χ0) is 15.1. The maximum atomic E-state index is 12.0. The lowest BCUT2D eigenvalue weighted by atomic mass is 10.0. The van der Waals surface area contributed by atoms with Gasteiger partial charge >= 0.3 is 0 Å². The average Bonchev–Trinajstić information content (AvgIpc) is 2.54. The molecule has 0 radical (unpaired) electrons. The van der Waals surface area contributed by atoms with Crippen LogP contribution >= 0.6 is 0 Å². The molecule has 21 heavy (non-hydrogen) atoms. The van der Waals surface area contributed by atoms with Gasteiger partial charge in [0, 0.05) is 12.1 Å². The van der Waals surface area contributed by atoms with E-state index in [1.165, 1.54) is 0 Å². The van der Waals surface area contributed by atoms with E-state index in [0.717, 1.165) is 18.4 Å². The Morgan fingerprint density at radius 2 is 1.90 bits per heavy atom. The number of anilines is 1. The van der Waals surface area contributed by atoms with Gasteiger partial charge in [-0.1, -0.05) is 43.7 Å². The minimum atomic E-state index is -0.163. The summed E-state index contributed by atoms with van der Waals surface area (Å²) in [7, 11) is 0. The van der Waals surface area contributed by atoms with E-state index >= 15 is 0 Å². The second-order valence-electron chi connectivity index (χ2n) is 4.87. The normalized spacial score (nSPS) is 11.9. The van der Waals surface area contributed by atoms with Gasteiger partial charge in [-0.3, -0.25) is 4.79 Å². The van der Waals surface area contributed by atoms with Gasteiger partial charge in [-0.2, -0.15) is 0 Å². The summed E-state index contributed by atoms with van der Waals surface area (Å²) in [4.78, 5) is 20.6. The number of rotatable bonds is 6. The van der Waals surface area contributed by atoms with E-state index in [2.05, 4.69) is 15.3 Å². The van der Waals surface area contributed by atoms with Crippen molar-refractivity contribution in [2.75, 3.05) is 11.9 Å². The number of hydrogen-bond acceptors (Lipinski definition) is 4. The third kappa shape index (κ3) is 4.10. The summed E-state index contributed by atoms with van der Waals surface area (Å²) >= 11 is 0. The summed E-state index contributed by atoms with van der Waals surface area (Å²) in [6.45, 7) is 2.39. The van der Waals surface area contributed by atoms with Crippen molar-refractivity contribution in [3.63, 3.8) is 0 Å². The van der Waals surface area contributed by atoms with Gasteiger partial charge in [0.15, 0.2) is 5.82 Å². The van der Waals surface area contributed by atoms with Gasteiger partial charge in [0.05, 0.1) is 24.0 Å². The second-order valence-corrected chi connectivity index (χ2v) is 4.87. The molecule has 0 saturated carbocycles. The lowest BCUT2D eigenvalue weighted by Crippen LogP contribution is -2.29. The third-order valence-corrected chi connectivity index (χ3v) is 3.24. The lowest BCUT2D eigenvalue weighted by molar-refractivity contribution is -0.119. The monoisotopic (exact) mass is 284 g/mol. The van der Waals surface area contributed by atoms with Crippen LogP contribution in [-0.4, -0.2) is 22.4 Å². The predicted octanol–water partition coefficient (Wildman–Crippen LogP) is 2.46. The molecular formula is C16H20N4O. The molecule has 2 rings (SSSR count). The summed E-state index contributed by atoms with van der Waals surface area (Å²) in [5, 5.41) is 2.81. The first-order valence-electron chi connectivity index (χ1n) is 7.13. The van der Waals surface area contributed by atoms with Gasteiger partial charge in [-0.25, -0.2) is 9.97 Å². The standard InChI is InChI=1S/C16H20N4O/c1-2-6-13(9-17)16(21)20-14-10-18-15(19-11-14)12-7-4-3-5-8-12/h3-5,7-8,10-11,13H,2,6,9,17H2,1H3,(H,20,21). The van der Waals surface area contributed by atoms with Crippen molar-refractivity contribution in [1.82, 2.24) is 9.97 Å². The van der Waals surface area contributed by atoms with E-state index in [-0.39, 0.29) is 11.8 Å². The maximum absolute atomic E-state index is 12.0. The van der Waals surface area contributed by atoms with Crippen LogP contribution < -0.4 is 11.1 Å². The third-order valence-electron chi connectivity index (χ3n) is 3.24. The number of nitrogens with zero attached hydrogens (tertiary/aromatic N) is 2. The topological polar surface area (TPSA) is 80.9 Å². The molecule has 1 heterocycles. The van der Waals surface area contributed by atoms with Crippen molar-refractivity contribution < 1.29 is 4.79 Å². The maximum Gasteiger partial charge on any atom is 0.228 e. The first kappa shape index (κ1) is 15.1. The van der Waals surface area contributed by atoms with Crippen molar-refractivity contribution in [3.8, 4) is 11.4 Å². The Morgan fingerprint density at radius 1 is 1.24 bits per heavy atom. The van der Waals surface area contributed by atoms with Gasteiger partial charge in [0.2, 0.25) is 5.91 Å². The molecule has 5 nitrogen and oxygen atoms in total. The van der Waals surface area contributed by atoms with E-state index in [9.17, 15) is 4.79 Å². The molecule has 5 heteroatoms. The Hall–Kier alpha value is -2.27. The molecule has 0 aliphatic heterocycles. The SMILES string of the molecule is CCCC(CN)C(=O)Nc1cnc(-c2ccccc2)nc1. The largest absolute Gasteiger partial charge is 0.330 e. The van der Waals surface area contributed by atoms with E-state index in [1.807, 2.05) is 37.3 Å². The highest BCUT2D eigenvalue weighted by Crippen LogP contribution is 2.15. The van der Waals surface area contributed by atoms with Crippen molar-refractivity contribution in [3.05, 3.63) is 42.7 Å². The predicted molar refractivity (Wildman–Crippen MR) is 83.6 cm³/mol. The van der Waals surface area contributed by atoms with Crippen LogP contribution in [0.15, 0.2) is 42.7 Å². The highest BCUT2D eigenvalue weighted by atomic mass is 16.1. The minimum absolute atomic E-state index is 0.0737. The Kier molecular flexibility index (Phi) is 5.40. The molecule has 1 amide bonds. The molecule has 0 fully saturated rings. The molecule has 2 aromatic rings. The van der Waals surface area contributed by atoms with Crippen LogP contribution in [0.4, 0.5) is 5.69 Å². The molecule has 0 saturated heterocycles. The number of benzene rings is 1. The molecule has 0 aliphatic carbocycles. The first-order chi connectivity index (χ1) is 10.2. The zero-order valence-electron chi connectivity index (χ0n) is 12.1. The quantitative estimate of drug-likeness (QED) is 0.853. The van der Waals surface area contributed by atoms with Gasteiger partial charge in [0.1, 0.15) is 0 Å². The molecule has 1 aromatic carbocycles. The molecule has 1 aromatic heterocycles. The first-order valence-corrected chi connectivity index (χ1v) is 7.13. The molecule has 1 unspecified atom stereocenters. The number of nitrogens with one attached hydrogen (secondary N) is 1. The summed E-state index contributed by atoms with van der Waals surface area (Å²) in [5.74, 6) is 0.400. The Balaban J connectivity index is 2.04. The number of nitrogens with two attached hydrogens (primary N) is 1. The molecular weight excluding hydrogens is 264 g/mol. The van der Waals surface area contributed by atoms with Crippen LogP contribution in [0.3, 0.4) is 0 Å². The van der Waals surface area contributed by atoms with Crippen LogP contribution in [0.5, 0.6) is 0 Å². The van der Waals surface area contributed by atoms with Crippen LogP contribution in [0.2, 0.25) is 0 Å². The number of aromatic nitrogens is 2. The summed E-state index contributed by atoms with van der Waals surface area (Å²) < 4.78 is 0. The Morgan fingerprint density at radius 3 is 2.48 bits per heavy atom. The highest BCUT2D eigenvalue weighted by molar-refractivity contribution is 5.92. The molecule has 0 bridgehead atoms. The van der Waals surface area contributed by atoms with Crippen molar-refractivity contribution >= 4 is 11.6 Å². The minimum Gasteiger partial charge on any atom is -0.330 e. The van der Waals surface area contributed by atoms with Gasteiger partial charge < -0.3 is 11.1 Å². The summed E-state index contributed by atoms with van der Waals surface area (Å²) in [6.07, 6.45) is 4.95. The number of carbonyl (C=O) groups excluding carboxylic acids is 1. The number of hydrogen-bond donors (Lipinski definition) is 2. The van der Waals surface area contributed by atoms with E-state index < -0.39 is 0 Å². The van der Waals surface area contributed by atoms with E-state index in [1.54, 1.807) is 12.4 Å². The number of amides is 1. The Labute approximate surface area is 124 Å². The van der Waals surface area contributed by atoms with Gasteiger partial charge in [-0.05, 0) is 6.42 Å². The fourth-order valence-corrected chi connectivity index (χ4v) is 2.08. The molecule has 110 valence electrons. The van der Waals surface area contributed by atoms with Crippen molar-refractivity contribution in [2.45, 2.75) is 19.8 Å². The zero-order valence-corrected chi connectivity index (χ0v) is 12.1. The summed E-state index contributed by atoms with van der Waals surface area (Å²) in [6, 6.07) is 9.70. The molecule has 0 spiro atoms. The summed E-state index contributed by atoms with van der Waals surface area (Å²) in [5.41, 5.74) is 7.16. The van der Waals surface area contributed by atoms with Crippen LogP contribution in [0.1, 0.15) is 19.8 Å². The molecule has 0 aliphatic rings. The lowest BCUT2D eigenvalue weighted by Gasteiger charge is -2.13. The van der Waals surface area contributed by atoms with Crippen LogP contribution in [0.25, 0.3) is 11.4 Å². The van der Waals surface area contributed by atoms with E-state index in [4.69, 9.17) is 5.73 Å². The second kappa shape index (κ2) is 7.50. The highest BCUT2D eigenvalue weighted by Gasteiger charge is 2.16. The fourth-order valence-electron chi connectivity index (χ4n) is 2.08. The fraction of sp³-hybridized carbons (Fsp3) is 0.312. The molecule has 1 atom stereocenters. The smallest absolute Gasteiger partial charge is 0.228 e. The van der Waals surface area contributed by atoms with Gasteiger partial charge in [-0.15, -0.1) is 0 Å². The number of carbonyl (C=O) groups is 1. The van der Waals surface area contributed by atoms with Crippen molar-refractivity contribution in [1.29, 1.82) is 0 Å². The van der Waals surface area contributed by atoms with Crippen LogP contribution in [0, 0.1) is 5.92 Å². The van der Waals surface area contributed by atoms with Crippen molar-refractivity contribution in [2.24, 2.45) is 11.7 Å². The van der Waals surface area contributed by atoms with Crippen LogP contribution in [-0.2, 0) is 4.79 Å².